The number of ether oxygens (including phenoxy) is 1. The lowest BCUT2D eigenvalue weighted by atomic mass is 10.0. The van der Waals surface area contributed by atoms with Crippen molar-refractivity contribution in [2.75, 3.05) is 31.5 Å². The first-order chi connectivity index (χ1) is 21.7. The van der Waals surface area contributed by atoms with Crippen molar-refractivity contribution in [1.82, 2.24) is 34.2 Å². The van der Waals surface area contributed by atoms with Crippen molar-refractivity contribution < 1.29 is 23.1 Å². The van der Waals surface area contributed by atoms with E-state index in [-0.39, 0.29) is 46.0 Å². The molecule has 11 nitrogen and oxygen atoms in total. The van der Waals surface area contributed by atoms with Gasteiger partial charge in [0.25, 0.3) is 5.91 Å². The monoisotopic (exact) mass is 638 g/mol. The molecule has 4 aromatic rings. The molecule has 2 fully saturated rings. The van der Waals surface area contributed by atoms with Gasteiger partial charge >= 0.3 is 6.61 Å². The van der Waals surface area contributed by atoms with Crippen LogP contribution < -0.4 is 10.1 Å². The maximum atomic E-state index is 13.5. The van der Waals surface area contributed by atoms with Gasteiger partial charge in [-0.3, -0.25) is 14.3 Å². The van der Waals surface area contributed by atoms with E-state index in [0.717, 1.165) is 30.8 Å². The SMILES string of the molecule is CC(C)Sc1ccc(OC(F)F)c(-c2nn(CC(=O)N3CCC(N4CCCC4)CC3)cc2NC(=O)c2cnn3cccnc23)c1. The van der Waals surface area contributed by atoms with Crippen molar-refractivity contribution in [3.8, 4) is 17.0 Å². The minimum absolute atomic E-state index is 0.0685. The van der Waals surface area contributed by atoms with E-state index in [1.807, 2.05) is 18.7 Å². The van der Waals surface area contributed by atoms with Crippen LogP contribution in [0.5, 0.6) is 5.75 Å². The van der Waals surface area contributed by atoms with Crippen LogP contribution in [0.3, 0.4) is 0 Å². The Morgan fingerprint density at radius 1 is 1.13 bits per heavy atom. The summed E-state index contributed by atoms with van der Waals surface area (Å²) >= 11 is 1.55. The van der Waals surface area contributed by atoms with Crippen LogP contribution in [-0.4, -0.2) is 90.1 Å². The molecule has 238 valence electrons. The molecule has 0 atom stereocenters. The molecule has 5 heterocycles. The Morgan fingerprint density at radius 2 is 1.91 bits per heavy atom. The summed E-state index contributed by atoms with van der Waals surface area (Å²) in [5, 5.41) is 11.9. The molecule has 0 unspecified atom stereocenters. The maximum absolute atomic E-state index is 13.5. The lowest BCUT2D eigenvalue weighted by Crippen LogP contribution is -2.46. The second-order valence-corrected chi connectivity index (χ2v) is 13.2. The fraction of sp³-hybridized carbons (Fsp3) is 0.452. The quantitative estimate of drug-likeness (QED) is 0.241. The predicted octanol–water partition coefficient (Wildman–Crippen LogP) is 5.03. The lowest BCUT2D eigenvalue weighted by Gasteiger charge is -2.36. The fourth-order valence-corrected chi connectivity index (χ4v) is 6.91. The Hall–Kier alpha value is -4.04. The van der Waals surface area contributed by atoms with Gasteiger partial charge in [0.05, 0.1) is 11.9 Å². The summed E-state index contributed by atoms with van der Waals surface area (Å²) in [5.74, 6) is -0.697. The number of carbonyl (C=O) groups is 2. The molecular weight excluding hydrogens is 602 g/mol. The molecule has 14 heteroatoms. The summed E-state index contributed by atoms with van der Waals surface area (Å²) in [7, 11) is 0. The highest BCUT2D eigenvalue weighted by atomic mass is 32.2. The van der Waals surface area contributed by atoms with Crippen LogP contribution in [0.1, 0.15) is 49.9 Å². The molecule has 3 aromatic heterocycles. The van der Waals surface area contributed by atoms with Gasteiger partial charge in [-0.05, 0) is 63.0 Å². The fourth-order valence-electron chi connectivity index (χ4n) is 6.03. The molecule has 2 saturated heterocycles. The average Bonchev–Trinajstić information content (AvgIpc) is 3.78. The molecule has 0 aliphatic carbocycles. The standard InChI is InChI=1S/C31H36F2N8O3S/c1-20(2)45-22-6-7-26(44-31(32)33)23(16-22)28-25(36-30(43)24-17-35-41-13-5-10-34-29(24)41)18-40(37-28)19-27(42)39-14-8-21(9-15-39)38-11-3-4-12-38/h5-7,10,13,16-18,20-21,31H,3-4,8-9,11-12,14-15,19H2,1-2H3,(H,36,43). The molecule has 0 saturated carbocycles. The average molecular weight is 639 g/mol. The Morgan fingerprint density at radius 3 is 2.64 bits per heavy atom. The van der Waals surface area contributed by atoms with Crippen molar-refractivity contribution >= 4 is 34.9 Å². The summed E-state index contributed by atoms with van der Waals surface area (Å²) in [4.78, 5) is 36.4. The van der Waals surface area contributed by atoms with Crippen LogP contribution >= 0.6 is 11.8 Å². The number of rotatable bonds is 10. The van der Waals surface area contributed by atoms with E-state index >= 15 is 0 Å². The van der Waals surface area contributed by atoms with Crippen LogP contribution in [0, 0.1) is 0 Å². The number of halogens is 2. The number of nitrogens with one attached hydrogen (secondary N) is 1. The minimum Gasteiger partial charge on any atom is -0.434 e. The van der Waals surface area contributed by atoms with E-state index in [4.69, 9.17) is 4.74 Å². The topological polar surface area (TPSA) is 110 Å². The van der Waals surface area contributed by atoms with Crippen molar-refractivity contribution in [1.29, 1.82) is 0 Å². The van der Waals surface area contributed by atoms with Gasteiger partial charge in [-0.1, -0.05) is 13.8 Å². The van der Waals surface area contributed by atoms with Crippen LogP contribution in [-0.2, 0) is 11.3 Å². The van der Waals surface area contributed by atoms with E-state index < -0.39 is 12.5 Å². The number of piperidine rings is 1. The van der Waals surface area contributed by atoms with E-state index in [9.17, 15) is 18.4 Å². The Bertz CT molecular complexity index is 1660. The third kappa shape index (κ3) is 7.12. The zero-order valence-electron chi connectivity index (χ0n) is 25.2. The predicted molar refractivity (Wildman–Crippen MR) is 167 cm³/mol. The first-order valence-corrected chi connectivity index (χ1v) is 16.1. The molecule has 2 aliphatic heterocycles. The normalized spacial score (nSPS) is 16.3. The molecule has 6 rings (SSSR count). The van der Waals surface area contributed by atoms with Gasteiger partial charge in [0.2, 0.25) is 5.91 Å². The van der Waals surface area contributed by atoms with Gasteiger partial charge < -0.3 is 19.9 Å². The molecule has 1 N–H and O–H groups in total. The second kappa shape index (κ2) is 13.5. The molecule has 2 aliphatic rings. The zero-order valence-corrected chi connectivity index (χ0v) is 26.1. The highest BCUT2D eigenvalue weighted by Crippen LogP contribution is 2.39. The number of hydrogen-bond acceptors (Lipinski definition) is 8. The number of hydrogen-bond donors (Lipinski definition) is 1. The number of likely N-dealkylation sites (tertiary alicyclic amines) is 2. The van der Waals surface area contributed by atoms with Crippen molar-refractivity contribution in [3.63, 3.8) is 0 Å². The maximum Gasteiger partial charge on any atom is 0.387 e. The molecule has 0 bridgehead atoms. The van der Waals surface area contributed by atoms with Crippen molar-refractivity contribution in [2.24, 2.45) is 0 Å². The highest BCUT2D eigenvalue weighted by molar-refractivity contribution is 7.99. The summed E-state index contributed by atoms with van der Waals surface area (Å²) in [5.41, 5.74) is 1.29. The third-order valence-corrected chi connectivity index (χ3v) is 9.10. The summed E-state index contributed by atoms with van der Waals surface area (Å²) < 4.78 is 34.8. The first kappa shape index (κ1) is 31.0. The van der Waals surface area contributed by atoms with E-state index in [2.05, 4.69) is 25.4 Å². The van der Waals surface area contributed by atoms with Crippen LogP contribution in [0.4, 0.5) is 14.5 Å². The molecule has 2 amide bonds. The minimum atomic E-state index is -3.07. The highest BCUT2D eigenvalue weighted by Gasteiger charge is 2.29. The Labute approximate surface area is 263 Å². The number of alkyl halides is 2. The van der Waals surface area contributed by atoms with Gasteiger partial charge in [0.15, 0.2) is 5.65 Å². The number of thioether (sulfide) groups is 1. The number of fused-ring (bicyclic) bond motifs is 1. The van der Waals surface area contributed by atoms with E-state index in [0.29, 0.717) is 24.8 Å². The summed E-state index contributed by atoms with van der Waals surface area (Å²) in [6.07, 6.45) is 10.5. The lowest BCUT2D eigenvalue weighted by molar-refractivity contribution is -0.133. The van der Waals surface area contributed by atoms with Gasteiger partial charge in [-0.25, -0.2) is 9.50 Å². The Kier molecular flexibility index (Phi) is 9.31. The van der Waals surface area contributed by atoms with Gasteiger partial charge in [-0.2, -0.15) is 19.0 Å². The number of amides is 2. The molecule has 0 spiro atoms. The third-order valence-electron chi connectivity index (χ3n) is 8.10. The molecule has 0 radical (unpaired) electrons. The van der Waals surface area contributed by atoms with Gasteiger partial charge in [-0.15, -0.1) is 11.8 Å². The zero-order chi connectivity index (χ0) is 31.5. The van der Waals surface area contributed by atoms with Crippen LogP contribution in [0.2, 0.25) is 0 Å². The largest absolute Gasteiger partial charge is 0.434 e. The summed E-state index contributed by atoms with van der Waals surface area (Å²) in [6.45, 7) is 4.51. The second-order valence-electron chi connectivity index (χ2n) is 11.5. The van der Waals surface area contributed by atoms with Crippen LogP contribution in [0.15, 0.2) is 53.9 Å². The van der Waals surface area contributed by atoms with E-state index in [1.165, 1.54) is 34.3 Å². The van der Waals surface area contributed by atoms with Crippen LogP contribution in [0.25, 0.3) is 16.9 Å². The first-order valence-electron chi connectivity index (χ1n) is 15.2. The number of nitrogens with zero attached hydrogens (tertiary/aromatic N) is 7. The number of carbonyl (C=O) groups excluding carboxylic acids is 2. The molecule has 45 heavy (non-hydrogen) atoms. The summed E-state index contributed by atoms with van der Waals surface area (Å²) in [6, 6.07) is 7.10. The Balaban J connectivity index is 1.30. The van der Waals surface area contributed by atoms with Crippen molar-refractivity contribution in [2.45, 2.75) is 68.9 Å². The van der Waals surface area contributed by atoms with Gasteiger partial charge in [0.1, 0.15) is 23.6 Å². The molecular formula is C31H36F2N8O3S. The smallest absolute Gasteiger partial charge is 0.387 e. The molecule has 1 aromatic carbocycles. The van der Waals surface area contributed by atoms with Gasteiger partial charge in [0, 0.05) is 53.4 Å². The number of anilines is 1. The number of aromatic nitrogens is 5. The number of benzene rings is 1. The van der Waals surface area contributed by atoms with E-state index in [1.54, 1.807) is 48.6 Å². The van der Waals surface area contributed by atoms with Crippen molar-refractivity contribution in [3.05, 3.63) is 54.6 Å².